The van der Waals surface area contributed by atoms with Gasteiger partial charge in [0, 0.05) is 30.4 Å². The van der Waals surface area contributed by atoms with Crippen LogP contribution < -0.4 is 4.90 Å². The number of benzene rings is 2. The lowest BCUT2D eigenvalue weighted by atomic mass is 10.1. The molecule has 3 aromatic rings. The van der Waals surface area contributed by atoms with E-state index in [0.717, 1.165) is 12.1 Å². The van der Waals surface area contributed by atoms with Gasteiger partial charge in [0.1, 0.15) is 34.7 Å². The predicted octanol–water partition coefficient (Wildman–Crippen LogP) is 5.98. The Morgan fingerprint density at radius 1 is 1.22 bits per heavy atom. The van der Waals surface area contributed by atoms with Gasteiger partial charge in [-0.3, -0.25) is 4.79 Å². The first-order chi connectivity index (χ1) is 17.4. The number of aliphatic imine (C=N–C) groups is 1. The summed E-state index contributed by atoms with van der Waals surface area (Å²) in [6.07, 6.45) is 1.90. The minimum absolute atomic E-state index is 0.0569. The van der Waals surface area contributed by atoms with Crippen LogP contribution in [0, 0.1) is 11.6 Å². The molecule has 11 heteroatoms. The van der Waals surface area contributed by atoms with Crippen molar-refractivity contribution in [2.24, 2.45) is 4.99 Å². The molecule has 0 bridgehead atoms. The lowest BCUT2D eigenvalue weighted by Gasteiger charge is -2.22. The molecule has 2 aromatic carbocycles. The normalized spacial score (nSPS) is 12.7. The molecule has 7 nitrogen and oxygen atoms in total. The molecular weight excluding hydrogens is 525 g/mol. The second-order valence-electron chi connectivity index (χ2n) is 8.50. The molecular formula is C26H24Cl2F2N4O3. The minimum atomic E-state index is -1.22. The number of rotatable bonds is 8. The van der Waals surface area contributed by atoms with Gasteiger partial charge in [-0.2, -0.15) is 4.99 Å². The second kappa shape index (κ2) is 11.8. The number of amidine groups is 1. The number of aliphatic hydroxyl groups is 1. The van der Waals surface area contributed by atoms with Crippen molar-refractivity contribution in [3.8, 4) is 11.3 Å². The lowest BCUT2D eigenvalue weighted by molar-refractivity contribution is -0.104. The fourth-order valence-corrected chi connectivity index (χ4v) is 3.47. The van der Waals surface area contributed by atoms with Crippen molar-refractivity contribution in [1.29, 1.82) is 0 Å². The second-order valence-corrected chi connectivity index (χ2v) is 9.32. The smallest absolute Gasteiger partial charge is 0.238 e. The van der Waals surface area contributed by atoms with E-state index < -0.39 is 17.2 Å². The number of anilines is 1. The summed E-state index contributed by atoms with van der Waals surface area (Å²) in [7, 11) is 1.69. The van der Waals surface area contributed by atoms with Crippen molar-refractivity contribution < 1.29 is 23.4 Å². The van der Waals surface area contributed by atoms with E-state index in [1.54, 1.807) is 63.2 Å². The van der Waals surface area contributed by atoms with Gasteiger partial charge < -0.3 is 14.7 Å². The summed E-state index contributed by atoms with van der Waals surface area (Å²) in [5.41, 5.74) is 0.665. The van der Waals surface area contributed by atoms with E-state index in [1.165, 1.54) is 6.07 Å². The standard InChI is InChI=1S/C26H24Cl2F2N4O3/c1-15(32-24(20(28)13-35)37-14-17-5-7-18(29)12-21(17)30)34(4)23-11-16(6-8-19(23)27)22-9-10-31-25(33-22)26(2,3)36/h5-13,36H,14H2,1-4H3/b24-20-,32-15-. The highest BCUT2D eigenvalue weighted by Crippen LogP contribution is 2.31. The molecule has 0 fully saturated rings. The zero-order chi connectivity index (χ0) is 27.3. The van der Waals surface area contributed by atoms with Crippen molar-refractivity contribution in [3.63, 3.8) is 0 Å². The van der Waals surface area contributed by atoms with Crippen LogP contribution in [-0.2, 0) is 21.7 Å². The van der Waals surface area contributed by atoms with Crippen molar-refractivity contribution in [2.45, 2.75) is 33.0 Å². The van der Waals surface area contributed by atoms with Crippen LogP contribution in [-0.4, -0.2) is 34.2 Å². The largest absolute Gasteiger partial charge is 0.471 e. The highest BCUT2D eigenvalue weighted by atomic mass is 35.5. The number of carbonyl (C=O) groups excluding carboxylic acids is 1. The topological polar surface area (TPSA) is 87.9 Å². The van der Waals surface area contributed by atoms with E-state index in [-0.39, 0.29) is 28.9 Å². The average Bonchev–Trinajstić information content (AvgIpc) is 2.86. The van der Waals surface area contributed by atoms with Crippen LogP contribution in [0.1, 0.15) is 32.2 Å². The Hall–Kier alpha value is -3.40. The Morgan fingerprint density at radius 3 is 2.59 bits per heavy atom. The summed E-state index contributed by atoms with van der Waals surface area (Å²) < 4.78 is 32.7. The average molecular weight is 549 g/mol. The molecule has 0 amide bonds. The molecule has 0 saturated carbocycles. The molecule has 0 saturated heterocycles. The van der Waals surface area contributed by atoms with Crippen LogP contribution in [0.5, 0.6) is 0 Å². The van der Waals surface area contributed by atoms with Crippen LogP contribution >= 0.6 is 23.2 Å². The number of halogens is 4. The van der Waals surface area contributed by atoms with Gasteiger partial charge in [-0.15, -0.1) is 0 Å². The van der Waals surface area contributed by atoms with E-state index in [9.17, 15) is 18.7 Å². The summed E-state index contributed by atoms with van der Waals surface area (Å²) >= 11 is 12.4. The number of hydrogen-bond acceptors (Lipinski definition) is 6. The quantitative estimate of drug-likeness (QED) is 0.122. The molecule has 1 heterocycles. The minimum Gasteiger partial charge on any atom is -0.471 e. The summed E-state index contributed by atoms with van der Waals surface area (Å²) in [4.78, 5) is 25.8. The highest BCUT2D eigenvalue weighted by Gasteiger charge is 2.20. The molecule has 1 aromatic heterocycles. The molecule has 0 aliphatic carbocycles. The third-order valence-electron chi connectivity index (χ3n) is 5.24. The number of aldehydes is 1. The predicted molar refractivity (Wildman–Crippen MR) is 139 cm³/mol. The molecule has 0 unspecified atom stereocenters. The van der Waals surface area contributed by atoms with E-state index in [0.29, 0.717) is 34.1 Å². The molecule has 0 aliphatic heterocycles. The number of allylic oxidation sites excluding steroid dienone is 1. The van der Waals surface area contributed by atoms with Crippen LogP contribution in [0.15, 0.2) is 64.6 Å². The molecule has 3 rings (SSSR count). The number of aromatic nitrogens is 2. The Labute approximate surface area is 223 Å². The zero-order valence-corrected chi connectivity index (χ0v) is 22.0. The zero-order valence-electron chi connectivity index (χ0n) is 20.5. The van der Waals surface area contributed by atoms with Gasteiger partial charge in [-0.1, -0.05) is 29.3 Å². The SMILES string of the molecule is C/C(=N/C(OCc1ccc(F)cc1F)=C(/Cl)C=O)N(C)c1cc(-c2ccnc(C(C)(C)O)n2)ccc1Cl. The van der Waals surface area contributed by atoms with Crippen molar-refractivity contribution in [1.82, 2.24) is 9.97 Å². The van der Waals surface area contributed by atoms with Crippen molar-refractivity contribution >= 4 is 41.0 Å². The fourth-order valence-electron chi connectivity index (χ4n) is 3.13. The Bertz CT molecular complexity index is 1370. The molecule has 194 valence electrons. The number of ether oxygens (including phenoxy) is 1. The summed E-state index contributed by atoms with van der Waals surface area (Å²) in [6.45, 7) is 4.49. The summed E-state index contributed by atoms with van der Waals surface area (Å²) in [5.74, 6) is -1.17. The number of carbonyl (C=O) groups is 1. The Kier molecular flexibility index (Phi) is 8.96. The van der Waals surface area contributed by atoms with Gasteiger partial charge in [0.25, 0.3) is 0 Å². The number of hydrogen-bond donors (Lipinski definition) is 1. The van der Waals surface area contributed by atoms with Crippen LogP contribution in [0.25, 0.3) is 11.3 Å². The van der Waals surface area contributed by atoms with Gasteiger partial charge in [0.2, 0.25) is 5.88 Å². The Morgan fingerprint density at radius 2 is 1.95 bits per heavy atom. The van der Waals surface area contributed by atoms with E-state index in [2.05, 4.69) is 15.0 Å². The lowest BCUT2D eigenvalue weighted by Crippen LogP contribution is -2.24. The van der Waals surface area contributed by atoms with E-state index >= 15 is 0 Å². The Balaban J connectivity index is 1.91. The van der Waals surface area contributed by atoms with Gasteiger partial charge >= 0.3 is 0 Å². The van der Waals surface area contributed by atoms with Gasteiger partial charge in [0.05, 0.1) is 16.4 Å². The van der Waals surface area contributed by atoms with E-state index in [1.807, 2.05) is 0 Å². The van der Waals surface area contributed by atoms with Gasteiger partial charge in [-0.25, -0.2) is 18.7 Å². The summed E-state index contributed by atoms with van der Waals surface area (Å²) in [6, 6.07) is 9.98. The molecule has 37 heavy (non-hydrogen) atoms. The highest BCUT2D eigenvalue weighted by molar-refractivity contribution is 6.39. The third-order valence-corrected chi connectivity index (χ3v) is 5.81. The first-order valence-corrected chi connectivity index (χ1v) is 11.7. The molecule has 0 aliphatic rings. The van der Waals surface area contributed by atoms with Crippen LogP contribution in [0.4, 0.5) is 14.5 Å². The first-order valence-electron chi connectivity index (χ1n) is 11.0. The van der Waals surface area contributed by atoms with Crippen molar-refractivity contribution in [3.05, 3.63) is 87.6 Å². The maximum Gasteiger partial charge on any atom is 0.238 e. The fraction of sp³-hybridized carbons (Fsp3) is 0.231. The molecule has 0 spiro atoms. The van der Waals surface area contributed by atoms with Crippen molar-refractivity contribution in [2.75, 3.05) is 11.9 Å². The molecule has 0 atom stereocenters. The molecule has 1 N–H and O–H groups in total. The number of nitrogens with zero attached hydrogens (tertiary/aromatic N) is 4. The van der Waals surface area contributed by atoms with Crippen LogP contribution in [0.2, 0.25) is 5.02 Å². The van der Waals surface area contributed by atoms with Gasteiger partial charge in [0.15, 0.2) is 12.1 Å². The van der Waals surface area contributed by atoms with Crippen LogP contribution in [0.3, 0.4) is 0 Å². The maximum absolute atomic E-state index is 14.0. The van der Waals surface area contributed by atoms with Gasteiger partial charge in [-0.05, 0) is 51.1 Å². The maximum atomic E-state index is 14.0. The van der Waals surface area contributed by atoms with E-state index in [4.69, 9.17) is 27.9 Å². The summed E-state index contributed by atoms with van der Waals surface area (Å²) in [5, 5.41) is 10.3. The third kappa shape index (κ3) is 7.09. The monoisotopic (exact) mass is 548 g/mol. The first kappa shape index (κ1) is 28.2. The molecule has 0 radical (unpaired) electrons.